The largest absolute Gasteiger partial charge is 0.493 e. The molecule has 0 amide bonds. The molecule has 0 radical (unpaired) electrons. The fraction of sp³-hybridized carbons (Fsp3) is 0.200. The SMILES string of the molecule is COc1ccc(S(=O)(=O)Nc2cc(C)cc(Br)c2)cc1OC. The molecule has 0 aromatic heterocycles. The van der Waals surface area contributed by atoms with Crippen molar-refractivity contribution >= 4 is 31.6 Å². The number of methoxy groups -OCH3 is 2. The van der Waals surface area contributed by atoms with E-state index in [9.17, 15) is 8.42 Å². The van der Waals surface area contributed by atoms with Crippen LogP contribution in [0.2, 0.25) is 0 Å². The van der Waals surface area contributed by atoms with Gasteiger partial charge in [-0.2, -0.15) is 0 Å². The quantitative estimate of drug-likeness (QED) is 0.853. The first-order valence-electron chi connectivity index (χ1n) is 6.38. The Hall–Kier alpha value is -1.73. The van der Waals surface area contributed by atoms with Crippen molar-refractivity contribution in [1.29, 1.82) is 0 Å². The zero-order valence-electron chi connectivity index (χ0n) is 12.4. The first-order valence-corrected chi connectivity index (χ1v) is 8.65. The van der Waals surface area contributed by atoms with E-state index in [1.54, 1.807) is 18.2 Å². The smallest absolute Gasteiger partial charge is 0.262 e. The summed E-state index contributed by atoms with van der Waals surface area (Å²) in [7, 11) is -0.759. The second kappa shape index (κ2) is 6.58. The van der Waals surface area contributed by atoms with Crippen molar-refractivity contribution in [3.05, 3.63) is 46.4 Å². The number of nitrogens with one attached hydrogen (secondary N) is 1. The first kappa shape index (κ1) is 16.6. The van der Waals surface area contributed by atoms with Gasteiger partial charge in [-0.25, -0.2) is 8.42 Å². The van der Waals surface area contributed by atoms with Gasteiger partial charge in [0.25, 0.3) is 10.0 Å². The Balaban J connectivity index is 2.38. The minimum atomic E-state index is -3.71. The summed E-state index contributed by atoms with van der Waals surface area (Å²) < 4.78 is 38.5. The molecule has 0 fully saturated rings. The van der Waals surface area contributed by atoms with Gasteiger partial charge >= 0.3 is 0 Å². The van der Waals surface area contributed by atoms with Crippen LogP contribution in [0.4, 0.5) is 5.69 Å². The van der Waals surface area contributed by atoms with E-state index in [4.69, 9.17) is 9.47 Å². The third-order valence-corrected chi connectivity index (χ3v) is 4.80. The summed E-state index contributed by atoms with van der Waals surface area (Å²) in [5, 5.41) is 0. The van der Waals surface area contributed by atoms with Crippen LogP contribution in [0.25, 0.3) is 0 Å². The highest BCUT2D eigenvalue weighted by atomic mass is 79.9. The molecule has 0 aliphatic heterocycles. The molecule has 2 rings (SSSR count). The molecule has 0 unspecified atom stereocenters. The minimum Gasteiger partial charge on any atom is -0.493 e. The van der Waals surface area contributed by atoms with Gasteiger partial charge in [0.2, 0.25) is 0 Å². The number of benzene rings is 2. The van der Waals surface area contributed by atoms with E-state index in [0.29, 0.717) is 17.2 Å². The Kier molecular flexibility index (Phi) is 4.97. The van der Waals surface area contributed by atoms with E-state index in [1.165, 1.54) is 26.4 Å². The van der Waals surface area contributed by atoms with Gasteiger partial charge in [-0.1, -0.05) is 15.9 Å². The van der Waals surface area contributed by atoms with Crippen molar-refractivity contribution in [2.75, 3.05) is 18.9 Å². The number of sulfonamides is 1. The number of hydrogen-bond acceptors (Lipinski definition) is 4. The number of aryl methyl sites for hydroxylation is 1. The van der Waals surface area contributed by atoms with Crippen LogP contribution in [0, 0.1) is 6.92 Å². The van der Waals surface area contributed by atoms with Crippen molar-refractivity contribution in [2.24, 2.45) is 0 Å². The summed E-state index contributed by atoms with van der Waals surface area (Å²) in [6.07, 6.45) is 0. The molecule has 5 nitrogen and oxygen atoms in total. The van der Waals surface area contributed by atoms with E-state index in [0.717, 1.165) is 10.0 Å². The summed E-state index contributed by atoms with van der Waals surface area (Å²) >= 11 is 3.35. The number of ether oxygens (including phenoxy) is 2. The Morgan fingerprint density at radius 2 is 1.68 bits per heavy atom. The van der Waals surface area contributed by atoms with Gasteiger partial charge in [0.05, 0.1) is 24.8 Å². The minimum absolute atomic E-state index is 0.0998. The van der Waals surface area contributed by atoms with Crippen LogP contribution in [0.3, 0.4) is 0 Å². The van der Waals surface area contributed by atoms with E-state index >= 15 is 0 Å². The highest BCUT2D eigenvalue weighted by Crippen LogP contribution is 2.30. The Bertz CT molecular complexity index is 770. The van der Waals surface area contributed by atoms with Crippen LogP contribution >= 0.6 is 15.9 Å². The van der Waals surface area contributed by atoms with E-state index in [-0.39, 0.29) is 4.90 Å². The van der Waals surface area contributed by atoms with Crippen molar-refractivity contribution in [3.63, 3.8) is 0 Å². The zero-order valence-corrected chi connectivity index (χ0v) is 14.8. The normalized spacial score (nSPS) is 11.1. The predicted octanol–water partition coefficient (Wildman–Crippen LogP) is 3.58. The Morgan fingerprint density at radius 3 is 2.27 bits per heavy atom. The van der Waals surface area contributed by atoms with E-state index in [2.05, 4.69) is 20.7 Å². The average molecular weight is 386 g/mol. The lowest BCUT2D eigenvalue weighted by Gasteiger charge is -2.12. The molecule has 0 aliphatic rings. The number of rotatable bonds is 5. The highest BCUT2D eigenvalue weighted by Gasteiger charge is 2.17. The first-order chi connectivity index (χ1) is 10.4. The van der Waals surface area contributed by atoms with Gasteiger partial charge in [0.15, 0.2) is 11.5 Å². The lowest BCUT2D eigenvalue weighted by atomic mass is 10.2. The maximum Gasteiger partial charge on any atom is 0.262 e. The molecule has 0 saturated carbocycles. The fourth-order valence-electron chi connectivity index (χ4n) is 1.99. The van der Waals surface area contributed by atoms with Gasteiger partial charge in [-0.05, 0) is 42.8 Å². The van der Waals surface area contributed by atoms with Crippen LogP contribution in [-0.2, 0) is 10.0 Å². The van der Waals surface area contributed by atoms with Gasteiger partial charge in [-0.15, -0.1) is 0 Å². The molecule has 118 valence electrons. The van der Waals surface area contributed by atoms with Crippen molar-refractivity contribution < 1.29 is 17.9 Å². The van der Waals surface area contributed by atoms with E-state index < -0.39 is 10.0 Å². The van der Waals surface area contributed by atoms with E-state index in [1.807, 2.05) is 13.0 Å². The Morgan fingerprint density at radius 1 is 1.00 bits per heavy atom. The summed E-state index contributed by atoms with van der Waals surface area (Å²) in [5.41, 5.74) is 1.43. The maximum atomic E-state index is 12.5. The molecule has 0 saturated heterocycles. The molecule has 2 aromatic rings. The molecular weight excluding hydrogens is 370 g/mol. The number of halogens is 1. The third kappa shape index (κ3) is 3.72. The molecule has 0 bridgehead atoms. The molecule has 2 aromatic carbocycles. The zero-order chi connectivity index (χ0) is 16.3. The summed E-state index contributed by atoms with van der Waals surface area (Å²) in [6, 6.07) is 9.79. The lowest BCUT2D eigenvalue weighted by Crippen LogP contribution is -2.13. The van der Waals surface area contributed by atoms with Gasteiger partial charge in [-0.3, -0.25) is 4.72 Å². The van der Waals surface area contributed by atoms with Crippen LogP contribution in [0.15, 0.2) is 45.8 Å². The molecule has 0 atom stereocenters. The molecule has 0 spiro atoms. The molecule has 0 aliphatic carbocycles. The van der Waals surface area contributed by atoms with Gasteiger partial charge < -0.3 is 9.47 Å². The van der Waals surface area contributed by atoms with Gasteiger partial charge in [0.1, 0.15) is 0 Å². The topological polar surface area (TPSA) is 64.6 Å². The molecule has 22 heavy (non-hydrogen) atoms. The third-order valence-electron chi connectivity index (χ3n) is 2.96. The second-order valence-corrected chi connectivity index (χ2v) is 7.24. The summed E-state index contributed by atoms with van der Waals surface area (Å²) in [4.78, 5) is 0.0998. The predicted molar refractivity (Wildman–Crippen MR) is 89.2 cm³/mol. The standard InChI is InChI=1S/C15H16BrNO4S/c1-10-6-11(16)8-12(7-10)17-22(18,19)13-4-5-14(20-2)15(9-13)21-3/h4-9,17H,1-3H3. The molecule has 0 heterocycles. The van der Waals surface area contributed by atoms with Crippen molar-refractivity contribution in [2.45, 2.75) is 11.8 Å². The van der Waals surface area contributed by atoms with Crippen molar-refractivity contribution in [3.8, 4) is 11.5 Å². The Labute approximate surface area is 138 Å². The summed E-state index contributed by atoms with van der Waals surface area (Å²) in [5.74, 6) is 0.829. The fourth-order valence-corrected chi connectivity index (χ4v) is 3.66. The summed E-state index contributed by atoms with van der Waals surface area (Å²) in [6.45, 7) is 1.89. The van der Waals surface area contributed by atoms with Crippen LogP contribution < -0.4 is 14.2 Å². The van der Waals surface area contributed by atoms with Crippen LogP contribution in [0.5, 0.6) is 11.5 Å². The lowest BCUT2D eigenvalue weighted by molar-refractivity contribution is 0.354. The second-order valence-electron chi connectivity index (χ2n) is 4.64. The molecular formula is C15H16BrNO4S. The van der Waals surface area contributed by atoms with Crippen molar-refractivity contribution in [1.82, 2.24) is 0 Å². The number of anilines is 1. The van der Waals surface area contributed by atoms with Crippen LogP contribution in [0.1, 0.15) is 5.56 Å². The highest BCUT2D eigenvalue weighted by molar-refractivity contribution is 9.10. The average Bonchev–Trinajstić information content (AvgIpc) is 2.44. The maximum absolute atomic E-state index is 12.5. The number of hydrogen-bond donors (Lipinski definition) is 1. The monoisotopic (exact) mass is 385 g/mol. The van der Waals surface area contributed by atoms with Crippen LogP contribution in [-0.4, -0.2) is 22.6 Å². The van der Waals surface area contributed by atoms with Gasteiger partial charge in [0, 0.05) is 10.5 Å². The molecule has 7 heteroatoms. The molecule has 1 N–H and O–H groups in total.